The second kappa shape index (κ2) is 7.69. The number of hydrogen-bond donors (Lipinski definition) is 1. The van der Waals surface area contributed by atoms with Crippen molar-refractivity contribution in [3.05, 3.63) is 53.9 Å². The molecule has 0 aliphatic carbocycles. The lowest BCUT2D eigenvalue weighted by atomic mass is 10.2. The van der Waals surface area contributed by atoms with Gasteiger partial charge in [-0.3, -0.25) is 9.78 Å². The van der Waals surface area contributed by atoms with Crippen molar-refractivity contribution in [1.29, 1.82) is 0 Å². The van der Waals surface area contributed by atoms with Crippen LogP contribution < -0.4 is 10.6 Å². The van der Waals surface area contributed by atoms with Crippen molar-refractivity contribution >= 4 is 27.5 Å². The zero-order valence-electron chi connectivity index (χ0n) is 15.6. The van der Waals surface area contributed by atoms with Crippen molar-refractivity contribution in [3.63, 3.8) is 0 Å². The van der Waals surface area contributed by atoms with Gasteiger partial charge in [-0.05, 0) is 48.9 Å². The van der Waals surface area contributed by atoms with Gasteiger partial charge in [0.25, 0.3) is 15.7 Å². The topological polar surface area (TPSA) is 114 Å². The number of aromatic nitrogens is 1. The molecule has 1 atom stereocenters. The number of benzene rings is 1. The van der Waals surface area contributed by atoms with Gasteiger partial charge >= 0.3 is 11.5 Å². The fraction of sp³-hybridized carbons (Fsp3) is 0.278. The van der Waals surface area contributed by atoms with Crippen LogP contribution in [0.3, 0.4) is 0 Å². The molecule has 12 heteroatoms. The Morgan fingerprint density at radius 3 is 2.33 bits per heavy atom. The average molecular weight is 442 g/mol. The number of imide groups is 1. The maximum absolute atomic E-state index is 12.8. The summed E-state index contributed by atoms with van der Waals surface area (Å²) in [6, 6.07) is 5.26. The number of hydrogen-bond acceptors (Lipinski definition) is 6. The summed E-state index contributed by atoms with van der Waals surface area (Å²) in [6.45, 7) is 1.82. The zero-order valence-corrected chi connectivity index (χ0v) is 16.4. The highest BCUT2D eigenvalue weighted by Crippen LogP contribution is 2.32. The number of urea groups is 1. The van der Waals surface area contributed by atoms with Gasteiger partial charge in [0.1, 0.15) is 6.04 Å². The molecule has 160 valence electrons. The minimum Gasteiger partial charge on any atom is -0.325 e. The Bertz CT molecular complexity index is 1090. The summed E-state index contributed by atoms with van der Waals surface area (Å²) < 4.78 is 61.0. The van der Waals surface area contributed by atoms with Crippen molar-refractivity contribution in [1.82, 2.24) is 9.88 Å². The molecule has 2 aromatic rings. The van der Waals surface area contributed by atoms with E-state index in [1.807, 2.05) is 0 Å². The van der Waals surface area contributed by atoms with Gasteiger partial charge in [0.15, 0.2) is 0 Å². The molecule has 1 aromatic heterocycles. The summed E-state index contributed by atoms with van der Waals surface area (Å²) in [5, 5.41) is 0. The van der Waals surface area contributed by atoms with Gasteiger partial charge in [-0.1, -0.05) is 0 Å². The number of pyridine rings is 1. The van der Waals surface area contributed by atoms with Gasteiger partial charge in [-0.2, -0.15) is 13.2 Å². The van der Waals surface area contributed by atoms with Crippen molar-refractivity contribution in [2.75, 3.05) is 4.90 Å². The monoisotopic (exact) mass is 442 g/mol. The van der Waals surface area contributed by atoms with E-state index in [0.29, 0.717) is 23.4 Å². The summed E-state index contributed by atoms with van der Waals surface area (Å²) in [5.41, 5.74) is 1.38. The van der Waals surface area contributed by atoms with E-state index < -0.39 is 38.2 Å². The highest BCUT2D eigenvalue weighted by atomic mass is 32.2. The summed E-state index contributed by atoms with van der Waals surface area (Å²) in [7, 11) is -5.53. The predicted octanol–water partition coefficient (Wildman–Crippen LogP) is 2.19. The van der Waals surface area contributed by atoms with Gasteiger partial charge in [0, 0.05) is 19.3 Å². The number of halogens is 3. The Balaban J connectivity index is 1.86. The molecule has 3 amide bonds. The largest absolute Gasteiger partial charge is 0.501 e. The van der Waals surface area contributed by atoms with E-state index in [1.165, 1.54) is 18.0 Å². The zero-order chi connectivity index (χ0) is 22.3. The van der Waals surface area contributed by atoms with Gasteiger partial charge in [-0.25, -0.2) is 18.1 Å². The SMILES string of the molecule is CC1C(=O)N(c2ccc(S(=O)(=O)C(F)(F)F)cc2)C(=O)N1Cc1ccnc(CN)c1. The molecule has 3 rings (SSSR count). The first-order valence-corrected chi connectivity index (χ1v) is 10.2. The van der Waals surface area contributed by atoms with E-state index in [0.717, 1.165) is 17.0 Å². The molecule has 2 N–H and O–H groups in total. The second-order valence-corrected chi connectivity index (χ2v) is 8.50. The molecule has 1 aliphatic rings. The third-order valence-corrected chi connectivity index (χ3v) is 6.14. The molecule has 0 spiro atoms. The molecule has 1 aromatic carbocycles. The Morgan fingerprint density at radius 1 is 1.13 bits per heavy atom. The number of alkyl halides is 3. The third-order valence-electron chi connectivity index (χ3n) is 4.64. The fourth-order valence-corrected chi connectivity index (χ4v) is 3.76. The number of amides is 3. The molecule has 1 unspecified atom stereocenters. The quantitative estimate of drug-likeness (QED) is 0.710. The molecule has 1 fully saturated rings. The molecular formula is C18H17F3N4O4S. The molecule has 30 heavy (non-hydrogen) atoms. The number of rotatable bonds is 5. The number of carbonyl (C=O) groups is 2. The summed E-state index contributed by atoms with van der Waals surface area (Å²) >= 11 is 0. The number of sulfone groups is 1. The predicted molar refractivity (Wildman–Crippen MR) is 99.7 cm³/mol. The fourth-order valence-electron chi connectivity index (χ4n) is 2.99. The van der Waals surface area contributed by atoms with Gasteiger partial charge in [0.2, 0.25) is 0 Å². The van der Waals surface area contributed by atoms with E-state index in [-0.39, 0.29) is 18.8 Å². The maximum Gasteiger partial charge on any atom is 0.501 e. The Morgan fingerprint density at radius 2 is 1.77 bits per heavy atom. The van der Waals surface area contributed by atoms with Crippen molar-refractivity contribution in [2.24, 2.45) is 5.73 Å². The molecular weight excluding hydrogens is 425 g/mol. The van der Waals surface area contributed by atoms with Crippen LogP contribution in [0.25, 0.3) is 0 Å². The Hall–Kier alpha value is -2.99. The van der Waals surface area contributed by atoms with Crippen LogP contribution in [-0.4, -0.2) is 41.8 Å². The summed E-state index contributed by atoms with van der Waals surface area (Å²) in [6.07, 6.45) is 1.53. The number of nitrogens with zero attached hydrogens (tertiary/aromatic N) is 3. The van der Waals surface area contributed by atoms with Crippen molar-refractivity contribution < 1.29 is 31.2 Å². The Labute approximate surface area is 170 Å². The third kappa shape index (κ3) is 3.75. The molecule has 0 saturated carbocycles. The van der Waals surface area contributed by atoms with E-state index in [9.17, 15) is 31.2 Å². The van der Waals surface area contributed by atoms with E-state index in [4.69, 9.17) is 5.73 Å². The lowest BCUT2D eigenvalue weighted by Crippen LogP contribution is -2.33. The van der Waals surface area contributed by atoms with Gasteiger partial charge < -0.3 is 10.6 Å². The van der Waals surface area contributed by atoms with Crippen LogP contribution in [0.1, 0.15) is 18.2 Å². The minimum atomic E-state index is -5.53. The lowest BCUT2D eigenvalue weighted by molar-refractivity contribution is -0.119. The van der Waals surface area contributed by atoms with Crippen LogP contribution >= 0.6 is 0 Å². The van der Waals surface area contributed by atoms with Gasteiger partial charge in [-0.15, -0.1) is 0 Å². The van der Waals surface area contributed by atoms with Crippen molar-refractivity contribution in [2.45, 2.75) is 36.5 Å². The average Bonchev–Trinajstić information content (AvgIpc) is 2.90. The lowest BCUT2D eigenvalue weighted by Gasteiger charge is -2.19. The maximum atomic E-state index is 12.8. The summed E-state index contributed by atoms with van der Waals surface area (Å²) in [4.78, 5) is 30.6. The van der Waals surface area contributed by atoms with E-state index in [1.54, 1.807) is 12.1 Å². The van der Waals surface area contributed by atoms with Crippen LogP contribution in [-0.2, 0) is 27.7 Å². The second-order valence-electron chi connectivity index (χ2n) is 6.56. The number of anilines is 1. The normalized spacial score (nSPS) is 17.7. The molecule has 0 radical (unpaired) electrons. The van der Waals surface area contributed by atoms with Gasteiger partial charge in [0.05, 0.1) is 16.3 Å². The first-order valence-electron chi connectivity index (χ1n) is 8.67. The molecule has 8 nitrogen and oxygen atoms in total. The molecule has 1 saturated heterocycles. The van der Waals surface area contributed by atoms with E-state index in [2.05, 4.69) is 4.98 Å². The highest BCUT2D eigenvalue weighted by molar-refractivity contribution is 7.92. The van der Waals surface area contributed by atoms with Crippen molar-refractivity contribution in [3.8, 4) is 0 Å². The molecule has 2 heterocycles. The smallest absolute Gasteiger partial charge is 0.325 e. The number of carbonyl (C=O) groups excluding carboxylic acids is 2. The molecule has 1 aliphatic heterocycles. The summed E-state index contributed by atoms with van der Waals surface area (Å²) in [5.74, 6) is -0.584. The van der Waals surface area contributed by atoms with Crippen LogP contribution in [0.4, 0.5) is 23.7 Å². The standard InChI is InChI=1S/C18H17F3N4O4S/c1-11-16(26)25(14-2-4-15(5-3-14)30(28,29)18(19,20)21)17(27)24(11)10-12-6-7-23-13(8-12)9-22/h2-8,11H,9-10,22H2,1H3. The van der Waals surface area contributed by atoms with Crippen LogP contribution in [0, 0.1) is 0 Å². The van der Waals surface area contributed by atoms with E-state index >= 15 is 0 Å². The highest BCUT2D eigenvalue weighted by Gasteiger charge is 2.47. The minimum absolute atomic E-state index is 0.0298. The first kappa shape index (κ1) is 21.7. The molecule has 0 bridgehead atoms. The van der Waals surface area contributed by atoms with Crippen LogP contribution in [0.2, 0.25) is 0 Å². The number of nitrogens with two attached hydrogens (primary N) is 1. The first-order chi connectivity index (χ1) is 14.0. The van der Waals surface area contributed by atoms with Crippen LogP contribution in [0.15, 0.2) is 47.5 Å². The Kier molecular flexibility index (Phi) is 5.56. The van der Waals surface area contributed by atoms with Crippen LogP contribution in [0.5, 0.6) is 0 Å².